The monoisotopic (exact) mass is 172 g/mol. The van der Waals surface area contributed by atoms with Gasteiger partial charge in [-0.25, -0.2) is 13.6 Å². The maximum absolute atomic E-state index is 12.0. The van der Waals surface area contributed by atoms with E-state index in [1.54, 1.807) is 0 Å². The van der Waals surface area contributed by atoms with E-state index in [2.05, 4.69) is 0 Å². The Hall–Kier alpha value is -1.07. The van der Waals surface area contributed by atoms with Crippen LogP contribution in [-0.4, -0.2) is 17.0 Å². The molecule has 0 bridgehead atoms. The predicted molar refractivity (Wildman–Crippen MR) is 27.5 cm³/mol. The lowest BCUT2D eigenvalue weighted by molar-refractivity contribution is -0.136. The Bertz CT molecular complexity index is 199. The van der Waals surface area contributed by atoms with Crippen LogP contribution < -0.4 is 0 Å². The Labute approximate surface area is 59.1 Å². The highest BCUT2D eigenvalue weighted by atomic mass is 19.3. The summed E-state index contributed by atoms with van der Waals surface area (Å²) in [5, 5.41) is 7.86. The van der Waals surface area contributed by atoms with Crippen molar-refractivity contribution in [3.05, 3.63) is 11.7 Å². The summed E-state index contributed by atoms with van der Waals surface area (Å²) in [6.45, 7) is 0.0929. The van der Waals surface area contributed by atoms with Gasteiger partial charge in [-0.2, -0.15) is 8.78 Å². The molecule has 2 nitrogen and oxygen atoms in total. The van der Waals surface area contributed by atoms with Crippen molar-refractivity contribution < 1.29 is 27.5 Å². The van der Waals surface area contributed by atoms with Crippen molar-refractivity contribution in [2.75, 3.05) is 0 Å². The Morgan fingerprint density at radius 3 is 1.73 bits per heavy atom. The molecule has 0 heterocycles. The second-order valence-corrected chi connectivity index (χ2v) is 1.83. The summed E-state index contributed by atoms with van der Waals surface area (Å²) in [6.07, 6.45) is -2.87. The second-order valence-electron chi connectivity index (χ2n) is 1.83. The van der Waals surface area contributed by atoms with Crippen LogP contribution in [-0.2, 0) is 4.79 Å². The third-order valence-corrected chi connectivity index (χ3v) is 0.842. The lowest BCUT2D eigenvalue weighted by Gasteiger charge is -2.08. The minimum Gasteiger partial charge on any atom is -0.478 e. The van der Waals surface area contributed by atoms with E-state index in [1.165, 1.54) is 0 Å². The first kappa shape index (κ1) is 9.93. The third kappa shape index (κ3) is 2.57. The Kier molecular flexibility index (Phi) is 2.61. The van der Waals surface area contributed by atoms with Crippen molar-refractivity contribution in [2.24, 2.45) is 0 Å². The van der Waals surface area contributed by atoms with E-state index >= 15 is 0 Å². The number of rotatable bonds is 2. The summed E-state index contributed by atoms with van der Waals surface area (Å²) in [5.74, 6) is -6.32. The van der Waals surface area contributed by atoms with Gasteiger partial charge in [-0.1, -0.05) is 0 Å². The highest BCUT2D eigenvalue weighted by Gasteiger charge is 2.37. The first-order chi connectivity index (χ1) is 4.76. The van der Waals surface area contributed by atoms with Crippen molar-refractivity contribution >= 4 is 5.97 Å². The number of hydrogen-bond donors (Lipinski definition) is 1. The first-order valence-corrected chi connectivity index (χ1v) is 2.43. The molecule has 0 unspecified atom stereocenters. The minimum absolute atomic E-state index is 0.0929. The van der Waals surface area contributed by atoms with Crippen LogP contribution in [0.15, 0.2) is 11.7 Å². The van der Waals surface area contributed by atoms with Gasteiger partial charge >= 0.3 is 5.97 Å². The number of alkyl halides is 2. The van der Waals surface area contributed by atoms with Gasteiger partial charge < -0.3 is 5.11 Å². The van der Waals surface area contributed by atoms with Crippen LogP contribution in [0.2, 0.25) is 0 Å². The molecule has 0 radical (unpaired) electrons. The molecule has 0 rings (SSSR count). The summed E-state index contributed by atoms with van der Waals surface area (Å²) < 4.78 is 46.9. The molecule has 0 spiro atoms. The van der Waals surface area contributed by atoms with Gasteiger partial charge in [-0.3, -0.25) is 0 Å². The van der Waals surface area contributed by atoms with E-state index in [1.807, 2.05) is 0 Å². The van der Waals surface area contributed by atoms with Gasteiger partial charge in [0, 0.05) is 6.92 Å². The van der Waals surface area contributed by atoms with Crippen molar-refractivity contribution in [2.45, 2.75) is 12.8 Å². The van der Waals surface area contributed by atoms with E-state index in [0.29, 0.717) is 0 Å². The Morgan fingerprint density at radius 1 is 1.36 bits per heavy atom. The maximum Gasteiger partial charge on any atom is 0.343 e. The summed E-state index contributed by atoms with van der Waals surface area (Å²) in [5.41, 5.74) is -2.16. The molecular formula is C5H4F4O2. The zero-order valence-electron chi connectivity index (χ0n) is 5.37. The largest absolute Gasteiger partial charge is 0.478 e. The van der Waals surface area contributed by atoms with Crippen LogP contribution in [0.25, 0.3) is 0 Å². The van der Waals surface area contributed by atoms with Gasteiger partial charge in [0.15, 0.2) is 5.57 Å². The fourth-order valence-electron chi connectivity index (χ4n) is 0.435. The van der Waals surface area contributed by atoms with Crippen molar-refractivity contribution in [1.29, 1.82) is 0 Å². The Balaban J connectivity index is 4.96. The van der Waals surface area contributed by atoms with Gasteiger partial charge in [-0.15, -0.1) is 0 Å². The van der Waals surface area contributed by atoms with Gasteiger partial charge in [0.25, 0.3) is 12.0 Å². The number of carboxylic acid groups (broad SMARTS) is 1. The molecule has 0 aromatic carbocycles. The normalized spacial score (nSPS) is 11.0. The van der Waals surface area contributed by atoms with Crippen molar-refractivity contribution in [3.63, 3.8) is 0 Å². The number of carbonyl (C=O) groups is 1. The van der Waals surface area contributed by atoms with Gasteiger partial charge in [0.1, 0.15) is 0 Å². The number of aliphatic carboxylic acids is 1. The summed E-state index contributed by atoms with van der Waals surface area (Å²) in [6, 6.07) is 0. The van der Waals surface area contributed by atoms with Crippen LogP contribution >= 0.6 is 0 Å². The highest BCUT2D eigenvalue weighted by molar-refractivity contribution is 5.88. The average molecular weight is 172 g/mol. The number of halogens is 4. The highest BCUT2D eigenvalue weighted by Crippen LogP contribution is 2.27. The smallest absolute Gasteiger partial charge is 0.343 e. The fraction of sp³-hybridized carbons (Fsp3) is 0.400. The summed E-state index contributed by atoms with van der Waals surface area (Å²) >= 11 is 0. The first-order valence-electron chi connectivity index (χ1n) is 2.43. The van der Waals surface area contributed by atoms with E-state index in [4.69, 9.17) is 5.11 Å². The maximum atomic E-state index is 12.0. The number of carboxylic acids is 1. The lowest BCUT2D eigenvalue weighted by atomic mass is 10.2. The van der Waals surface area contributed by atoms with Crippen LogP contribution in [0.1, 0.15) is 6.92 Å². The second kappa shape index (κ2) is 2.89. The molecule has 1 N–H and O–H groups in total. The SMILES string of the molecule is CC(F)(F)C(C(=O)O)=C(F)F. The zero-order valence-corrected chi connectivity index (χ0v) is 5.37. The molecule has 6 heteroatoms. The standard InChI is InChI=1S/C5H4F4O2/c1-5(8,9)2(3(6)7)4(10)11/h1H3,(H,10,11). The topological polar surface area (TPSA) is 37.3 Å². The third-order valence-electron chi connectivity index (χ3n) is 0.842. The van der Waals surface area contributed by atoms with E-state index < -0.39 is 23.5 Å². The fourth-order valence-corrected chi connectivity index (χ4v) is 0.435. The van der Waals surface area contributed by atoms with Crippen molar-refractivity contribution in [1.82, 2.24) is 0 Å². The molecule has 0 saturated carbocycles. The molecule has 0 aromatic rings. The van der Waals surface area contributed by atoms with E-state index in [-0.39, 0.29) is 6.92 Å². The lowest BCUT2D eigenvalue weighted by Crippen LogP contribution is -2.21. The molecule has 0 fully saturated rings. The van der Waals surface area contributed by atoms with Crippen LogP contribution in [0.5, 0.6) is 0 Å². The van der Waals surface area contributed by atoms with Gasteiger partial charge in [-0.05, 0) is 0 Å². The zero-order chi connectivity index (χ0) is 9.23. The molecular weight excluding hydrogens is 168 g/mol. The Morgan fingerprint density at radius 2 is 1.73 bits per heavy atom. The van der Waals surface area contributed by atoms with E-state index in [9.17, 15) is 22.4 Å². The molecule has 0 aliphatic rings. The van der Waals surface area contributed by atoms with Crippen molar-refractivity contribution in [3.8, 4) is 0 Å². The van der Waals surface area contributed by atoms with Gasteiger partial charge in [0.2, 0.25) is 0 Å². The number of hydrogen-bond acceptors (Lipinski definition) is 1. The van der Waals surface area contributed by atoms with Crippen LogP contribution in [0.4, 0.5) is 17.6 Å². The molecule has 0 aromatic heterocycles. The molecule has 0 saturated heterocycles. The van der Waals surface area contributed by atoms with Crippen LogP contribution in [0, 0.1) is 0 Å². The molecule has 0 aliphatic carbocycles. The van der Waals surface area contributed by atoms with Crippen LogP contribution in [0.3, 0.4) is 0 Å². The quantitative estimate of drug-likeness (QED) is 0.510. The molecule has 0 aliphatic heterocycles. The van der Waals surface area contributed by atoms with Gasteiger partial charge in [0.05, 0.1) is 0 Å². The average Bonchev–Trinajstić information content (AvgIpc) is 1.54. The van der Waals surface area contributed by atoms with E-state index in [0.717, 1.165) is 0 Å². The molecule has 11 heavy (non-hydrogen) atoms. The molecule has 0 amide bonds. The molecule has 0 atom stereocenters. The molecule has 64 valence electrons. The minimum atomic E-state index is -4.01. The summed E-state index contributed by atoms with van der Waals surface area (Å²) in [7, 11) is 0. The summed E-state index contributed by atoms with van der Waals surface area (Å²) in [4.78, 5) is 9.77. The predicted octanol–water partition coefficient (Wildman–Crippen LogP) is 1.88.